The van der Waals surface area contributed by atoms with Crippen molar-refractivity contribution in [1.29, 1.82) is 0 Å². The zero-order chi connectivity index (χ0) is 14.8. The molecule has 1 N–H and O–H groups in total. The van der Waals surface area contributed by atoms with E-state index in [2.05, 4.69) is 24.0 Å². The normalized spacial score (nSPS) is 27.2. The zero-order valence-corrected chi connectivity index (χ0v) is 13.4. The second-order valence-corrected chi connectivity index (χ2v) is 7.54. The molecule has 1 aliphatic carbocycles. The van der Waals surface area contributed by atoms with Gasteiger partial charge in [0.1, 0.15) is 0 Å². The van der Waals surface area contributed by atoms with Gasteiger partial charge < -0.3 is 10.0 Å². The van der Waals surface area contributed by atoms with Crippen LogP contribution in [0.4, 0.5) is 0 Å². The maximum atomic E-state index is 12.3. The van der Waals surface area contributed by atoms with E-state index < -0.39 is 0 Å². The zero-order valence-electron chi connectivity index (χ0n) is 12.6. The van der Waals surface area contributed by atoms with Crippen molar-refractivity contribution in [1.82, 2.24) is 9.80 Å². The number of nitrogens with zero attached hydrogens (tertiary/aromatic N) is 2. The highest BCUT2D eigenvalue weighted by atomic mass is 32.1. The van der Waals surface area contributed by atoms with Crippen LogP contribution in [0.15, 0.2) is 12.1 Å². The van der Waals surface area contributed by atoms with Crippen molar-refractivity contribution in [3.05, 3.63) is 21.9 Å². The Bertz CT molecular complexity index is 494. The first-order chi connectivity index (χ1) is 10.1. The first-order valence-electron chi connectivity index (χ1n) is 7.88. The Balaban J connectivity index is 1.50. The van der Waals surface area contributed by atoms with Gasteiger partial charge in [-0.05, 0) is 38.3 Å². The Morgan fingerprint density at radius 3 is 2.62 bits per heavy atom. The predicted octanol–water partition coefficient (Wildman–Crippen LogP) is 1.66. The van der Waals surface area contributed by atoms with E-state index in [0.717, 1.165) is 50.3 Å². The number of amides is 1. The van der Waals surface area contributed by atoms with Crippen LogP contribution in [0, 0.1) is 6.92 Å². The molecule has 116 valence electrons. The standard InChI is InChI=1S/C16H24N2O2S/c1-12-5-6-13(21-12)11-16(20)18-9-7-17(8-10-18)14-3-2-4-15(14)19/h5-6,14-15,19H,2-4,7-11H2,1H3/t14-,15+/m0/s1. The summed E-state index contributed by atoms with van der Waals surface area (Å²) in [7, 11) is 0. The molecule has 1 aromatic rings. The number of aryl methyl sites for hydroxylation is 1. The van der Waals surface area contributed by atoms with Gasteiger partial charge in [0.05, 0.1) is 12.5 Å². The fourth-order valence-electron chi connectivity index (χ4n) is 3.49. The van der Waals surface area contributed by atoms with E-state index in [1.165, 1.54) is 4.88 Å². The molecule has 1 amide bonds. The van der Waals surface area contributed by atoms with Crippen molar-refractivity contribution in [3.8, 4) is 0 Å². The van der Waals surface area contributed by atoms with Crippen LogP contribution in [-0.2, 0) is 11.2 Å². The molecular weight excluding hydrogens is 284 g/mol. The van der Waals surface area contributed by atoms with Gasteiger partial charge in [-0.25, -0.2) is 0 Å². The number of thiophene rings is 1. The largest absolute Gasteiger partial charge is 0.391 e. The number of carbonyl (C=O) groups excluding carboxylic acids is 1. The van der Waals surface area contributed by atoms with Gasteiger partial charge in [0.2, 0.25) is 5.91 Å². The average molecular weight is 308 g/mol. The van der Waals surface area contributed by atoms with Gasteiger partial charge in [-0.15, -0.1) is 11.3 Å². The molecule has 1 aliphatic heterocycles. The summed E-state index contributed by atoms with van der Waals surface area (Å²) in [6.07, 6.45) is 3.53. The van der Waals surface area contributed by atoms with E-state index in [1.807, 2.05) is 4.90 Å². The van der Waals surface area contributed by atoms with Crippen molar-refractivity contribution in [2.45, 2.75) is 44.8 Å². The van der Waals surface area contributed by atoms with Gasteiger partial charge in [-0.2, -0.15) is 0 Å². The highest BCUT2D eigenvalue weighted by molar-refractivity contribution is 7.12. The van der Waals surface area contributed by atoms with Gasteiger partial charge in [-0.3, -0.25) is 9.69 Å². The molecule has 2 atom stereocenters. The number of aliphatic hydroxyl groups excluding tert-OH is 1. The molecule has 1 saturated heterocycles. The Morgan fingerprint density at radius 1 is 1.29 bits per heavy atom. The Morgan fingerprint density at radius 2 is 2.05 bits per heavy atom. The molecule has 4 nitrogen and oxygen atoms in total. The van der Waals surface area contributed by atoms with Crippen LogP contribution < -0.4 is 0 Å². The highest BCUT2D eigenvalue weighted by Crippen LogP contribution is 2.25. The lowest BCUT2D eigenvalue weighted by atomic mass is 10.1. The summed E-state index contributed by atoms with van der Waals surface area (Å²) < 4.78 is 0. The summed E-state index contributed by atoms with van der Waals surface area (Å²) in [4.78, 5) is 19.1. The first-order valence-corrected chi connectivity index (χ1v) is 8.70. The van der Waals surface area contributed by atoms with E-state index in [0.29, 0.717) is 12.5 Å². The minimum atomic E-state index is -0.165. The molecule has 0 aromatic carbocycles. The van der Waals surface area contributed by atoms with Crippen LogP contribution in [0.2, 0.25) is 0 Å². The molecule has 2 heterocycles. The summed E-state index contributed by atoms with van der Waals surface area (Å²) in [6.45, 7) is 5.47. The summed E-state index contributed by atoms with van der Waals surface area (Å²) in [5.74, 6) is 0.239. The molecule has 0 spiro atoms. The van der Waals surface area contributed by atoms with Crippen LogP contribution in [-0.4, -0.2) is 59.1 Å². The second kappa shape index (κ2) is 6.46. The van der Waals surface area contributed by atoms with E-state index in [4.69, 9.17) is 0 Å². The van der Waals surface area contributed by atoms with Gasteiger partial charge in [0, 0.05) is 42.0 Å². The fraction of sp³-hybridized carbons (Fsp3) is 0.688. The van der Waals surface area contributed by atoms with Crippen molar-refractivity contribution >= 4 is 17.2 Å². The molecule has 5 heteroatoms. The maximum Gasteiger partial charge on any atom is 0.227 e. The number of aliphatic hydroxyl groups is 1. The molecule has 0 radical (unpaired) electrons. The van der Waals surface area contributed by atoms with Crippen molar-refractivity contribution in [3.63, 3.8) is 0 Å². The summed E-state index contributed by atoms with van der Waals surface area (Å²) in [6, 6.07) is 4.46. The molecule has 0 unspecified atom stereocenters. The van der Waals surface area contributed by atoms with Crippen molar-refractivity contribution in [2.75, 3.05) is 26.2 Å². The van der Waals surface area contributed by atoms with Crippen molar-refractivity contribution < 1.29 is 9.90 Å². The summed E-state index contributed by atoms with van der Waals surface area (Å²) >= 11 is 1.71. The lowest BCUT2D eigenvalue weighted by molar-refractivity contribution is -0.132. The molecule has 0 bridgehead atoms. The van der Waals surface area contributed by atoms with E-state index in [9.17, 15) is 9.90 Å². The number of rotatable bonds is 3. The quantitative estimate of drug-likeness (QED) is 0.923. The summed E-state index contributed by atoms with van der Waals surface area (Å²) in [5.41, 5.74) is 0. The number of hydrogen-bond acceptors (Lipinski definition) is 4. The molecule has 1 saturated carbocycles. The molecule has 21 heavy (non-hydrogen) atoms. The van der Waals surface area contributed by atoms with E-state index in [1.54, 1.807) is 11.3 Å². The third-order valence-electron chi connectivity index (χ3n) is 4.70. The average Bonchev–Trinajstić information content (AvgIpc) is 3.08. The Hall–Kier alpha value is -0.910. The van der Waals surface area contributed by atoms with Crippen molar-refractivity contribution in [2.24, 2.45) is 0 Å². The minimum Gasteiger partial charge on any atom is -0.391 e. The maximum absolute atomic E-state index is 12.3. The van der Waals surface area contributed by atoms with E-state index >= 15 is 0 Å². The lowest BCUT2D eigenvalue weighted by Crippen LogP contribution is -2.53. The first kappa shape index (κ1) is 15.0. The van der Waals surface area contributed by atoms with Crippen LogP contribution >= 0.6 is 11.3 Å². The number of piperazine rings is 1. The Labute approximate surface area is 130 Å². The molecule has 1 aromatic heterocycles. The topological polar surface area (TPSA) is 43.8 Å². The van der Waals surface area contributed by atoms with Crippen LogP contribution in [0.1, 0.15) is 29.0 Å². The second-order valence-electron chi connectivity index (χ2n) is 6.17. The van der Waals surface area contributed by atoms with Crippen LogP contribution in [0.25, 0.3) is 0 Å². The molecule has 3 rings (SSSR count). The third kappa shape index (κ3) is 3.47. The minimum absolute atomic E-state index is 0.165. The molecule has 2 fully saturated rings. The highest BCUT2D eigenvalue weighted by Gasteiger charge is 2.33. The van der Waals surface area contributed by atoms with Gasteiger partial charge in [0.25, 0.3) is 0 Å². The van der Waals surface area contributed by atoms with E-state index in [-0.39, 0.29) is 12.0 Å². The van der Waals surface area contributed by atoms with Gasteiger partial charge in [0.15, 0.2) is 0 Å². The number of hydrogen-bond donors (Lipinski definition) is 1. The lowest BCUT2D eigenvalue weighted by Gasteiger charge is -2.39. The number of carbonyl (C=O) groups is 1. The smallest absolute Gasteiger partial charge is 0.227 e. The SMILES string of the molecule is Cc1ccc(CC(=O)N2CCN([C@H]3CCC[C@H]3O)CC2)s1. The van der Waals surface area contributed by atoms with Gasteiger partial charge in [-0.1, -0.05) is 0 Å². The summed E-state index contributed by atoms with van der Waals surface area (Å²) in [5, 5.41) is 9.99. The fourth-order valence-corrected chi connectivity index (χ4v) is 4.37. The van der Waals surface area contributed by atoms with Crippen LogP contribution in [0.3, 0.4) is 0 Å². The molecular formula is C16H24N2O2S. The Kier molecular flexibility index (Phi) is 4.62. The van der Waals surface area contributed by atoms with Crippen LogP contribution in [0.5, 0.6) is 0 Å². The monoisotopic (exact) mass is 308 g/mol. The third-order valence-corrected chi connectivity index (χ3v) is 5.70. The molecule has 2 aliphatic rings. The van der Waals surface area contributed by atoms with Gasteiger partial charge >= 0.3 is 0 Å². The predicted molar refractivity (Wildman–Crippen MR) is 84.6 cm³/mol.